The molecule has 0 radical (unpaired) electrons. The van der Waals surface area contributed by atoms with Gasteiger partial charge < -0.3 is 29.1 Å². The van der Waals surface area contributed by atoms with Gasteiger partial charge in [0.1, 0.15) is 0 Å². The molecule has 0 amide bonds. The van der Waals surface area contributed by atoms with Crippen LogP contribution in [0.4, 0.5) is 45.5 Å². The van der Waals surface area contributed by atoms with E-state index in [9.17, 15) is 0 Å². The average molecular weight is 683 g/mol. The van der Waals surface area contributed by atoms with E-state index in [2.05, 4.69) is 177 Å². The van der Waals surface area contributed by atoms with Crippen LogP contribution in [0, 0.1) is 0 Å². The Kier molecular flexibility index (Phi) is 8.91. The Morgan fingerprint density at radius 2 is 0.615 bits per heavy atom. The lowest BCUT2D eigenvalue weighted by Gasteiger charge is -2.33. The van der Waals surface area contributed by atoms with Crippen LogP contribution in [0.2, 0.25) is 0 Å². The molecule has 9 rings (SSSR count). The van der Waals surface area contributed by atoms with Crippen molar-refractivity contribution in [2.24, 2.45) is 0 Å². The van der Waals surface area contributed by atoms with E-state index >= 15 is 0 Å². The van der Waals surface area contributed by atoms with Crippen LogP contribution in [0.15, 0.2) is 158 Å². The Labute approximate surface area is 305 Å². The molecule has 2 saturated heterocycles. The second-order valence-electron chi connectivity index (χ2n) is 13.4. The second kappa shape index (κ2) is 14.4. The van der Waals surface area contributed by atoms with E-state index in [4.69, 9.17) is 9.47 Å². The van der Waals surface area contributed by atoms with Crippen molar-refractivity contribution in [3.63, 3.8) is 0 Å². The molecule has 2 aliphatic heterocycles. The number of morpholine rings is 2. The van der Waals surface area contributed by atoms with Crippen molar-refractivity contribution in [3.8, 4) is 0 Å². The van der Waals surface area contributed by atoms with Crippen molar-refractivity contribution in [1.82, 2.24) is 0 Å². The third-order valence-corrected chi connectivity index (χ3v) is 10.3. The number of fused-ring (bicyclic) bond motifs is 2. The molecule has 0 bridgehead atoms. The molecule has 0 unspecified atom stereocenters. The highest BCUT2D eigenvalue weighted by molar-refractivity contribution is 6.23. The zero-order valence-electron chi connectivity index (χ0n) is 29.3. The van der Waals surface area contributed by atoms with E-state index < -0.39 is 0 Å². The highest BCUT2D eigenvalue weighted by atomic mass is 16.5. The predicted molar refractivity (Wildman–Crippen MR) is 217 cm³/mol. The summed E-state index contributed by atoms with van der Waals surface area (Å²) < 4.78 is 11.3. The molecule has 7 aromatic rings. The number of anilines is 8. The van der Waals surface area contributed by atoms with Gasteiger partial charge in [-0.3, -0.25) is 0 Å². The van der Waals surface area contributed by atoms with E-state index in [-0.39, 0.29) is 0 Å². The molecule has 258 valence electrons. The summed E-state index contributed by atoms with van der Waals surface area (Å²) in [6, 6.07) is 57.4. The first-order valence-electron chi connectivity index (χ1n) is 18.3. The number of nitrogens with zero attached hydrogens (tertiary/aromatic N) is 4. The third-order valence-electron chi connectivity index (χ3n) is 10.3. The zero-order valence-corrected chi connectivity index (χ0v) is 29.3. The molecule has 0 aromatic heterocycles. The first-order valence-corrected chi connectivity index (χ1v) is 18.3. The molecular formula is C46H42N4O2. The van der Waals surface area contributed by atoms with E-state index in [0.29, 0.717) is 0 Å². The Balaban J connectivity index is 1.25. The number of benzene rings is 7. The molecule has 6 nitrogen and oxygen atoms in total. The van der Waals surface area contributed by atoms with Gasteiger partial charge in [-0.25, -0.2) is 0 Å². The van der Waals surface area contributed by atoms with Crippen LogP contribution in [0.5, 0.6) is 0 Å². The van der Waals surface area contributed by atoms with Crippen LogP contribution in [-0.2, 0) is 9.47 Å². The van der Waals surface area contributed by atoms with Gasteiger partial charge in [0.25, 0.3) is 0 Å². The lowest BCUT2D eigenvalue weighted by Crippen LogP contribution is -2.36. The smallest absolute Gasteiger partial charge is 0.0642 e. The van der Waals surface area contributed by atoms with Crippen molar-refractivity contribution in [1.29, 1.82) is 0 Å². The molecule has 0 saturated carbocycles. The van der Waals surface area contributed by atoms with Gasteiger partial charge in [0.15, 0.2) is 0 Å². The minimum absolute atomic E-state index is 0.764. The van der Waals surface area contributed by atoms with Crippen molar-refractivity contribution in [2.75, 3.05) is 72.2 Å². The highest BCUT2D eigenvalue weighted by Gasteiger charge is 2.25. The SMILES string of the molecule is c1ccc(N(c2ccc(N3CCOCC3)cc2)c2c3ccccc3c(N(c3ccccc3)c3ccc(N4CCOCC4)cc3)c3ccccc23)cc1. The molecular weight excluding hydrogens is 641 g/mol. The third kappa shape index (κ3) is 6.10. The summed E-state index contributed by atoms with van der Waals surface area (Å²) in [7, 11) is 0. The molecule has 52 heavy (non-hydrogen) atoms. The highest BCUT2D eigenvalue weighted by Crippen LogP contribution is 2.51. The quantitative estimate of drug-likeness (QED) is 0.117. The van der Waals surface area contributed by atoms with Gasteiger partial charge in [-0.1, -0.05) is 84.9 Å². The molecule has 6 heteroatoms. The fraction of sp³-hybridized carbons (Fsp3) is 0.174. The van der Waals surface area contributed by atoms with Gasteiger partial charge in [0, 0.05) is 81.8 Å². The van der Waals surface area contributed by atoms with Crippen molar-refractivity contribution < 1.29 is 9.47 Å². The normalized spacial score (nSPS) is 14.8. The fourth-order valence-electron chi connectivity index (χ4n) is 7.80. The Bertz CT molecular complexity index is 2050. The minimum Gasteiger partial charge on any atom is -0.378 e. The van der Waals surface area contributed by atoms with E-state index in [1.54, 1.807) is 0 Å². The average Bonchev–Trinajstić information content (AvgIpc) is 3.23. The van der Waals surface area contributed by atoms with Crippen LogP contribution in [0.1, 0.15) is 0 Å². The van der Waals surface area contributed by atoms with E-state index in [1.165, 1.54) is 32.9 Å². The lowest BCUT2D eigenvalue weighted by atomic mass is 9.95. The number of hydrogen-bond donors (Lipinski definition) is 0. The summed E-state index contributed by atoms with van der Waals surface area (Å²) in [6.45, 7) is 6.69. The summed E-state index contributed by atoms with van der Waals surface area (Å²) in [6.07, 6.45) is 0. The summed E-state index contributed by atoms with van der Waals surface area (Å²) in [5.41, 5.74) is 9.24. The van der Waals surface area contributed by atoms with Gasteiger partial charge in [-0.2, -0.15) is 0 Å². The second-order valence-corrected chi connectivity index (χ2v) is 13.4. The van der Waals surface area contributed by atoms with E-state index in [0.717, 1.165) is 86.7 Å². The summed E-state index contributed by atoms with van der Waals surface area (Å²) >= 11 is 0. The molecule has 0 N–H and O–H groups in total. The predicted octanol–water partition coefficient (Wildman–Crippen LogP) is 10.6. The molecule has 2 heterocycles. The summed E-state index contributed by atoms with van der Waals surface area (Å²) in [5.74, 6) is 0. The van der Waals surface area contributed by atoms with Crippen LogP contribution < -0.4 is 19.6 Å². The Morgan fingerprint density at radius 3 is 0.942 bits per heavy atom. The number of hydrogen-bond acceptors (Lipinski definition) is 6. The number of para-hydroxylation sites is 2. The monoisotopic (exact) mass is 682 g/mol. The minimum atomic E-state index is 0.764. The van der Waals surface area contributed by atoms with Gasteiger partial charge >= 0.3 is 0 Å². The molecule has 0 aliphatic carbocycles. The van der Waals surface area contributed by atoms with Crippen LogP contribution >= 0.6 is 0 Å². The molecule has 0 atom stereocenters. The van der Waals surface area contributed by atoms with Crippen LogP contribution in [0.3, 0.4) is 0 Å². The van der Waals surface area contributed by atoms with Crippen LogP contribution in [-0.4, -0.2) is 52.6 Å². The van der Waals surface area contributed by atoms with Crippen molar-refractivity contribution in [3.05, 3.63) is 158 Å². The zero-order chi connectivity index (χ0) is 34.7. The molecule has 2 aliphatic rings. The first-order chi connectivity index (χ1) is 25.8. The van der Waals surface area contributed by atoms with Gasteiger partial charge in [0.2, 0.25) is 0 Å². The first kappa shape index (κ1) is 32.1. The standard InChI is InChI=1S/C46H42N4O2/c1-3-11-37(12-4-1)49(39-23-19-35(20-24-39)47-27-31-51-32-28-47)45-41-15-7-9-17-43(41)46(44-18-10-8-16-42(44)45)50(38-13-5-2-6-14-38)40-25-21-36(22-26-40)48-29-33-52-34-30-48/h1-26H,27-34H2. The molecule has 2 fully saturated rings. The number of rotatable bonds is 8. The summed E-state index contributed by atoms with van der Waals surface area (Å²) in [4.78, 5) is 9.68. The maximum atomic E-state index is 5.63. The molecule has 7 aromatic carbocycles. The maximum Gasteiger partial charge on any atom is 0.0642 e. The maximum absolute atomic E-state index is 5.63. The molecule has 0 spiro atoms. The van der Waals surface area contributed by atoms with Crippen molar-refractivity contribution in [2.45, 2.75) is 0 Å². The van der Waals surface area contributed by atoms with Gasteiger partial charge in [-0.05, 0) is 72.8 Å². The van der Waals surface area contributed by atoms with Gasteiger partial charge in [0.05, 0.1) is 37.8 Å². The Morgan fingerprint density at radius 1 is 0.327 bits per heavy atom. The van der Waals surface area contributed by atoms with Crippen molar-refractivity contribution >= 4 is 67.0 Å². The largest absolute Gasteiger partial charge is 0.378 e. The number of ether oxygens (including phenoxy) is 2. The Hall–Kier alpha value is -5.82. The fourth-order valence-corrected chi connectivity index (χ4v) is 7.80. The van der Waals surface area contributed by atoms with Crippen LogP contribution in [0.25, 0.3) is 21.5 Å². The van der Waals surface area contributed by atoms with Gasteiger partial charge in [-0.15, -0.1) is 0 Å². The lowest BCUT2D eigenvalue weighted by molar-refractivity contribution is 0.122. The summed E-state index contributed by atoms with van der Waals surface area (Å²) in [5, 5.41) is 4.73. The topological polar surface area (TPSA) is 31.4 Å². The van der Waals surface area contributed by atoms with E-state index in [1.807, 2.05) is 0 Å².